The Balaban J connectivity index is 1.39. The summed E-state index contributed by atoms with van der Waals surface area (Å²) in [5.41, 5.74) is 17.6. The molecule has 0 bridgehead atoms. The fourth-order valence-electron chi connectivity index (χ4n) is 7.73. The van der Waals surface area contributed by atoms with Gasteiger partial charge in [-0.3, -0.25) is 4.98 Å². The van der Waals surface area contributed by atoms with Crippen molar-refractivity contribution in [1.29, 1.82) is 0 Å². The van der Waals surface area contributed by atoms with E-state index in [0.717, 1.165) is 5.56 Å². The van der Waals surface area contributed by atoms with E-state index in [-0.39, 0.29) is 0 Å². The molecule has 0 fully saturated rings. The highest BCUT2D eigenvalue weighted by atomic mass is 14.6. The van der Waals surface area contributed by atoms with E-state index in [4.69, 9.17) is 0 Å². The van der Waals surface area contributed by atoms with Crippen LogP contribution in [-0.4, -0.2) is 4.98 Å². The molecule has 2 aliphatic rings. The Hall–Kier alpha value is -5.53. The Morgan fingerprint density at radius 1 is 0.326 bits per heavy atom. The van der Waals surface area contributed by atoms with Crippen LogP contribution < -0.4 is 0 Å². The van der Waals surface area contributed by atoms with E-state index in [9.17, 15) is 0 Å². The molecule has 0 atom stereocenters. The van der Waals surface area contributed by atoms with Crippen molar-refractivity contribution in [2.24, 2.45) is 0 Å². The smallest absolute Gasteiger partial charge is 0.0737 e. The van der Waals surface area contributed by atoms with Crippen LogP contribution in [0.5, 0.6) is 0 Å². The molecule has 1 nitrogen and oxygen atoms in total. The van der Waals surface area contributed by atoms with Crippen molar-refractivity contribution in [3.8, 4) is 55.6 Å². The number of aromatic nitrogens is 1. The standard InChI is InChI=1S/C42H27N/c1-2-11-29(12-3-1)32-16-8-18-36-37-19-9-17-33(30-24-22-28(23-25-30)31-13-10-26-43-27-31)41(37)42(40(32)36)38-20-6-4-14-34(38)35-15-5-7-21-39(35)42/h1-27H. The SMILES string of the molecule is c1ccc(-c2cccc3c2C2(c4ccccc4-c4ccccc42)c2c(-c4ccc(-c5cccnc5)cc4)cccc2-3)cc1. The Kier molecular flexibility index (Phi) is 5.18. The van der Waals surface area contributed by atoms with Gasteiger partial charge in [-0.1, -0.05) is 146 Å². The van der Waals surface area contributed by atoms with Crippen LogP contribution in [0, 0.1) is 0 Å². The number of rotatable bonds is 3. The molecule has 43 heavy (non-hydrogen) atoms. The zero-order valence-electron chi connectivity index (χ0n) is 23.5. The molecule has 1 heterocycles. The van der Waals surface area contributed by atoms with Gasteiger partial charge in [0.25, 0.3) is 0 Å². The minimum Gasteiger partial charge on any atom is -0.264 e. The van der Waals surface area contributed by atoms with Crippen molar-refractivity contribution >= 4 is 0 Å². The first-order valence-corrected chi connectivity index (χ1v) is 14.9. The van der Waals surface area contributed by atoms with Gasteiger partial charge in [-0.25, -0.2) is 0 Å². The molecule has 2 aliphatic carbocycles. The lowest BCUT2D eigenvalue weighted by Crippen LogP contribution is -2.27. The van der Waals surface area contributed by atoms with E-state index in [1.54, 1.807) is 0 Å². The van der Waals surface area contributed by atoms with E-state index in [1.807, 2.05) is 18.5 Å². The number of fused-ring (bicyclic) bond motifs is 10. The molecule has 200 valence electrons. The first-order chi connectivity index (χ1) is 21.4. The Labute approximate surface area is 251 Å². The summed E-state index contributed by atoms with van der Waals surface area (Å²) in [7, 11) is 0. The predicted molar refractivity (Wildman–Crippen MR) is 177 cm³/mol. The van der Waals surface area contributed by atoms with E-state index >= 15 is 0 Å². The number of benzene rings is 6. The van der Waals surface area contributed by atoms with Crippen molar-refractivity contribution in [3.05, 3.63) is 186 Å². The summed E-state index contributed by atoms with van der Waals surface area (Å²) in [6.07, 6.45) is 3.75. The molecule has 0 radical (unpaired) electrons. The third kappa shape index (κ3) is 3.31. The number of pyridine rings is 1. The fourth-order valence-corrected chi connectivity index (χ4v) is 7.73. The quantitative estimate of drug-likeness (QED) is 0.215. The molecule has 9 rings (SSSR count). The lowest BCUT2D eigenvalue weighted by atomic mass is 9.67. The van der Waals surface area contributed by atoms with Gasteiger partial charge in [0.2, 0.25) is 0 Å². The fraction of sp³-hybridized carbons (Fsp3) is 0.0238. The van der Waals surface area contributed by atoms with Gasteiger partial charge in [0.05, 0.1) is 5.41 Å². The largest absolute Gasteiger partial charge is 0.264 e. The van der Waals surface area contributed by atoms with E-state index in [1.165, 1.54) is 72.3 Å². The van der Waals surface area contributed by atoms with E-state index in [0.29, 0.717) is 0 Å². The van der Waals surface area contributed by atoms with Gasteiger partial charge >= 0.3 is 0 Å². The van der Waals surface area contributed by atoms with Crippen LogP contribution in [-0.2, 0) is 5.41 Å². The van der Waals surface area contributed by atoms with Gasteiger partial charge in [-0.2, -0.15) is 0 Å². The average molecular weight is 546 g/mol. The minimum atomic E-state index is -0.442. The number of nitrogens with zero attached hydrogens (tertiary/aromatic N) is 1. The van der Waals surface area contributed by atoms with Crippen molar-refractivity contribution in [1.82, 2.24) is 4.98 Å². The molecule has 0 amide bonds. The van der Waals surface area contributed by atoms with Crippen molar-refractivity contribution in [2.75, 3.05) is 0 Å². The summed E-state index contributed by atoms with van der Waals surface area (Å²) < 4.78 is 0. The van der Waals surface area contributed by atoms with Gasteiger partial charge in [0.1, 0.15) is 0 Å². The molecular formula is C42H27N. The number of hydrogen-bond donors (Lipinski definition) is 0. The first-order valence-electron chi connectivity index (χ1n) is 14.9. The maximum Gasteiger partial charge on any atom is 0.0737 e. The van der Waals surface area contributed by atoms with Crippen LogP contribution in [0.25, 0.3) is 55.6 Å². The lowest BCUT2D eigenvalue weighted by molar-refractivity contribution is 0.797. The van der Waals surface area contributed by atoms with Crippen molar-refractivity contribution in [3.63, 3.8) is 0 Å². The average Bonchev–Trinajstić information content (AvgIpc) is 3.57. The third-order valence-electron chi connectivity index (χ3n) is 9.40. The second kappa shape index (κ2) is 9.24. The summed E-state index contributed by atoms with van der Waals surface area (Å²) in [5.74, 6) is 0. The molecule has 0 saturated heterocycles. The second-order valence-electron chi connectivity index (χ2n) is 11.5. The van der Waals surface area contributed by atoms with Gasteiger partial charge in [-0.05, 0) is 84.0 Å². The molecule has 6 aromatic carbocycles. The van der Waals surface area contributed by atoms with Crippen LogP contribution in [0.1, 0.15) is 22.3 Å². The summed E-state index contributed by atoms with van der Waals surface area (Å²) in [4.78, 5) is 4.34. The summed E-state index contributed by atoms with van der Waals surface area (Å²) in [6, 6.07) is 55.9. The molecule has 1 spiro atoms. The maximum absolute atomic E-state index is 4.34. The van der Waals surface area contributed by atoms with Crippen molar-refractivity contribution in [2.45, 2.75) is 5.41 Å². The van der Waals surface area contributed by atoms with Crippen LogP contribution in [0.4, 0.5) is 0 Å². The molecule has 0 saturated carbocycles. The molecule has 0 aliphatic heterocycles. The zero-order valence-corrected chi connectivity index (χ0v) is 23.5. The number of hydrogen-bond acceptors (Lipinski definition) is 1. The monoisotopic (exact) mass is 545 g/mol. The van der Waals surface area contributed by atoms with Gasteiger partial charge in [-0.15, -0.1) is 0 Å². The van der Waals surface area contributed by atoms with Gasteiger partial charge < -0.3 is 0 Å². The molecule has 1 aromatic heterocycles. The van der Waals surface area contributed by atoms with Crippen LogP contribution in [0.15, 0.2) is 164 Å². The molecule has 0 N–H and O–H groups in total. The maximum atomic E-state index is 4.34. The lowest BCUT2D eigenvalue weighted by Gasteiger charge is -2.33. The Morgan fingerprint density at radius 3 is 1.37 bits per heavy atom. The highest BCUT2D eigenvalue weighted by Gasteiger charge is 2.53. The Bertz CT molecular complexity index is 2110. The van der Waals surface area contributed by atoms with Crippen LogP contribution in [0.2, 0.25) is 0 Å². The summed E-state index contributed by atoms with van der Waals surface area (Å²) >= 11 is 0. The molecule has 0 unspecified atom stereocenters. The molecular weight excluding hydrogens is 518 g/mol. The van der Waals surface area contributed by atoms with Crippen LogP contribution >= 0.6 is 0 Å². The topological polar surface area (TPSA) is 12.9 Å². The predicted octanol–water partition coefficient (Wildman–Crippen LogP) is 10.4. The van der Waals surface area contributed by atoms with Crippen LogP contribution in [0.3, 0.4) is 0 Å². The second-order valence-corrected chi connectivity index (χ2v) is 11.5. The zero-order chi connectivity index (χ0) is 28.4. The molecule has 7 aromatic rings. The van der Waals surface area contributed by atoms with Gasteiger partial charge in [0.15, 0.2) is 0 Å². The highest BCUT2D eigenvalue weighted by molar-refractivity contribution is 6.01. The first kappa shape index (κ1) is 24.1. The summed E-state index contributed by atoms with van der Waals surface area (Å²) in [6.45, 7) is 0. The third-order valence-corrected chi connectivity index (χ3v) is 9.40. The molecule has 1 heteroatoms. The highest BCUT2D eigenvalue weighted by Crippen LogP contribution is 2.66. The van der Waals surface area contributed by atoms with E-state index < -0.39 is 5.41 Å². The summed E-state index contributed by atoms with van der Waals surface area (Å²) in [5, 5.41) is 0. The Morgan fingerprint density at radius 2 is 0.791 bits per heavy atom. The van der Waals surface area contributed by atoms with Gasteiger partial charge in [0, 0.05) is 12.4 Å². The normalized spacial score (nSPS) is 13.3. The minimum absolute atomic E-state index is 0.442. The van der Waals surface area contributed by atoms with E-state index in [2.05, 4.69) is 151 Å². The van der Waals surface area contributed by atoms with Crippen molar-refractivity contribution < 1.29 is 0 Å².